The highest BCUT2D eigenvalue weighted by atomic mass is 19.4. The molecule has 14 heteroatoms. The van der Waals surface area contributed by atoms with Crippen molar-refractivity contribution in [1.82, 2.24) is 25.5 Å². The van der Waals surface area contributed by atoms with Crippen LogP contribution in [0.2, 0.25) is 0 Å². The summed E-state index contributed by atoms with van der Waals surface area (Å²) in [5, 5.41) is 15.5. The Balaban J connectivity index is 1.86. The lowest BCUT2D eigenvalue weighted by molar-refractivity contribution is -0.376. The standard InChI is InChI=1S/C18H24F6N6O2/c1-15(2)13(31)26-4-5-29(15)10-12-9-25-3-6-30(12)14-27-7-11(8-28-14)16(32,17(19,20)21)18(22,23)24/h7-8,12,25,32H,3-6,9-10H2,1-2H3,(H,26,31)/t12-/m1/s1. The first kappa shape index (κ1) is 24.5. The maximum atomic E-state index is 13.1. The summed E-state index contributed by atoms with van der Waals surface area (Å²) in [5.41, 5.74) is -7.38. The number of carbonyl (C=O) groups excluding carboxylic acids is 1. The molecule has 1 atom stereocenters. The van der Waals surface area contributed by atoms with Gasteiger partial charge in [-0.3, -0.25) is 9.69 Å². The summed E-state index contributed by atoms with van der Waals surface area (Å²) >= 11 is 0. The lowest BCUT2D eigenvalue weighted by Gasteiger charge is -2.46. The van der Waals surface area contributed by atoms with Gasteiger partial charge < -0.3 is 20.6 Å². The number of nitrogens with one attached hydrogen (secondary N) is 2. The lowest BCUT2D eigenvalue weighted by Crippen LogP contribution is -2.66. The second-order valence-corrected chi connectivity index (χ2v) is 8.29. The van der Waals surface area contributed by atoms with Gasteiger partial charge in [-0.2, -0.15) is 26.3 Å². The van der Waals surface area contributed by atoms with Crippen LogP contribution in [-0.2, 0) is 10.4 Å². The summed E-state index contributed by atoms with van der Waals surface area (Å²) in [7, 11) is 0. The Morgan fingerprint density at radius 2 is 1.69 bits per heavy atom. The minimum absolute atomic E-state index is 0.0637. The number of halogens is 6. The van der Waals surface area contributed by atoms with E-state index in [-0.39, 0.29) is 17.9 Å². The predicted octanol–water partition coefficient (Wildman–Crippen LogP) is 0.777. The van der Waals surface area contributed by atoms with Gasteiger partial charge in [0.15, 0.2) is 0 Å². The molecule has 1 amide bonds. The van der Waals surface area contributed by atoms with Gasteiger partial charge in [-0.15, -0.1) is 0 Å². The Morgan fingerprint density at radius 3 is 2.25 bits per heavy atom. The minimum atomic E-state index is -6.01. The number of nitrogens with zero attached hydrogens (tertiary/aromatic N) is 4. The first-order valence-electron chi connectivity index (χ1n) is 9.88. The van der Waals surface area contributed by atoms with Crippen molar-refractivity contribution in [1.29, 1.82) is 0 Å². The molecule has 3 N–H and O–H groups in total. The van der Waals surface area contributed by atoms with Crippen LogP contribution in [0.3, 0.4) is 0 Å². The molecule has 0 aromatic carbocycles. The van der Waals surface area contributed by atoms with Crippen LogP contribution in [0.15, 0.2) is 12.4 Å². The first-order valence-corrected chi connectivity index (χ1v) is 9.88. The van der Waals surface area contributed by atoms with Crippen molar-refractivity contribution in [2.45, 2.75) is 43.4 Å². The van der Waals surface area contributed by atoms with Gasteiger partial charge >= 0.3 is 12.4 Å². The number of amides is 1. The molecule has 0 radical (unpaired) electrons. The minimum Gasteiger partial charge on any atom is -0.369 e. The Bertz CT molecular complexity index is 815. The third kappa shape index (κ3) is 4.22. The van der Waals surface area contributed by atoms with E-state index in [1.54, 1.807) is 18.7 Å². The van der Waals surface area contributed by atoms with E-state index < -0.39 is 29.1 Å². The SMILES string of the molecule is CC1(C)C(=O)NCCN1C[C@H]1CNCCN1c1ncc(C(O)(C(F)(F)F)C(F)(F)F)cn1. The van der Waals surface area contributed by atoms with Crippen LogP contribution in [0, 0.1) is 0 Å². The molecule has 2 aliphatic heterocycles. The maximum absolute atomic E-state index is 13.1. The number of hydrogen-bond acceptors (Lipinski definition) is 7. The van der Waals surface area contributed by atoms with Crippen molar-refractivity contribution in [3.05, 3.63) is 18.0 Å². The van der Waals surface area contributed by atoms with Crippen molar-refractivity contribution in [2.24, 2.45) is 0 Å². The molecule has 3 heterocycles. The topological polar surface area (TPSA) is 93.6 Å². The fraction of sp³-hybridized carbons (Fsp3) is 0.722. The Hall–Kier alpha value is -2.19. The molecule has 2 fully saturated rings. The highest BCUT2D eigenvalue weighted by Crippen LogP contribution is 2.49. The van der Waals surface area contributed by atoms with Gasteiger partial charge in [-0.1, -0.05) is 0 Å². The van der Waals surface area contributed by atoms with Gasteiger partial charge in [0.1, 0.15) is 0 Å². The molecule has 8 nitrogen and oxygen atoms in total. The van der Waals surface area contributed by atoms with Crippen LogP contribution in [0.4, 0.5) is 32.3 Å². The largest absolute Gasteiger partial charge is 0.430 e. The number of aliphatic hydroxyl groups is 1. The van der Waals surface area contributed by atoms with Crippen molar-refractivity contribution in [2.75, 3.05) is 44.2 Å². The molecule has 0 bridgehead atoms. The molecule has 32 heavy (non-hydrogen) atoms. The number of aromatic nitrogens is 2. The van der Waals surface area contributed by atoms with Crippen LogP contribution in [0.1, 0.15) is 19.4 Å². The zero-order valence-electron chi connectivity index (χ0n) is 17.4. The highest BCUT2D eigenvalue weighted by Gasteiger charge is 2.71. The monoisotopic (exact) mass is 470 g/mol. The molecule has 2 aliphatic rings. The van der Waals surface area contributed by atoms with E-state index in [1.165, 1.54) is 0 Å². The molecule has 0 aliphatic carbocycles. The molecule has 0 unspecified atom stereocenters. The fourth-order valence-corrected chi connectivity index (χ4v) is 3.85. The number of alkyl halides is 6. The van der Waals surface area contributed by atoms with Crippen LogP contribution in [0.25, 0.3) is 0 Å². The quantitative estimate of drug-likeness (QED) is 0.560. The van der Waals surface area contributed by atoms with E-state index in [9.17, 15) is 36.2 Å². The number of carbonyl (C=O) groups is 1. The van der Waals surface area contributed by atoms with Gasteiger partial charge in [0, 0.05) is 57.2 Å². The molecule has 0 spiro atoms. The molecular weight excluding hydrogens is 446 g/mol. The Kier molecular flexibility index (Phi) is 6.34. The van der Waals surface area contributed by atoms with Gasteiger partial charge in [0.2, 0.25) is 11.9 Å². The van der Waals surface area contributed by atoms with E-state index in [4.69, 9.17) is 0 Å². The Labute approximate surface area is 180 Å². The maximum Gasteiger partial charge on any atom is 0.430 e. The second-order valence-electron chi connectivity index (χ2n) is 8.29. The first-order chi connectivity index (χ1) is 14.7. The average molecular weight is 470 g/mol. The van der Waals surface area contributed by atoms with Gasteiger partial charge in [0.25, 0.3) is 5.60 Å². The van der Waals surface area contributed by atoms with Gasteiger partial charge in [-0.25, -0.2) is 9.97 Å². The smallest absolute Gasteiger partial charge is 0.369 e. The molecule has 2 saturated heterocycles. The van der Waals surface area contributed by atoms with Crippen molar-refractivity contribution < 1.29 is 36.2 Å². The van der Waals surface area contributed by atoms with E-state index in [0.29, 0.717) is 51.7 Å². The predicted molar refractivity (Wildman–Crippen MR) is 101 cm³/mol. The second kappa shape index (κ2) is 8.30. The summed E-state index contributed by atoms with van der Waals surface area (Å²) in [6, 6.07) is -0.288. The number of rotatable bonds is 4. The number of piperazine rings is 2. The third-order valence-corrected chi connectivity index (χ3v) is 5.93. The summed E-state index contributed by atoms with van der Waals surface area (Å²) in [6.45, 7) is 6.27. The normalized spacial score (nSPS) is 23.2. The van der Waals surface area contributed by atoms with Crippen LogP contribution in [0.5, 0.6) is 0 Å². The molecular formula is C18H24F6N6O2. The Morgan fingerprint density at radius 1 is 1.09 bits per heavy atom. The van der Waals surface area contributed by atoms with Crippen LogP contribution >= 0.6 is 0 Å². The van der Waals surface area contributed by atoms with Gasteiger partial charge in [0.05, 0.1) is 11.6 Å². The summed E-state index contributed by atoms with van der Waals surface area (Å²) in [6.07, 6.45) is -11.3. The average Bonchev–Trinajstić information content (AvgIpc) is 2.70. The summed E-state index contributed by atoms with van der Waals surface area (Å²) in [5.74, 6) is -0.204. The highest BCUT2D eigenvalue weighted by molar-refractivity contribution is 5.86. The zero-order valence-corrected chi connectivity index (χ0v) is 17.4. The van der Waals surface area contributed by atoms with Crippen molar-refractivity contribution in [3.63, 3.8) is 0 Å². The van der Waals surface area contributed by atoms with E-state index in [0.717, 1.165) is 0 Å². The van der Waals surface area contributed by atoms with Crippen molar-refractivity contribution in [3.8, 4) is 0 Å². The zero-order chi connectivity index (χ0) is 23.9. The van der Waals surface area contributed by atoms with Gasteiger partial charge in [-0.05, 0) is 13.8 Å². The lowest BCUT2D eigenvalue weighted by atomic mass is 9.95. The summed E-state index contributed by atoms with van der Waals surface area (Å²) < 4.78 is 78.5. The number of hydrogen-bond donors (Lipinski definition) is 3. The fourth-order valence-electron chi connectivity index (χ4n) is 3.85. The molecule has 0 saturated carbocycles. The van der Waals surface area contributed by atoms with Crippen molar-refractivity contribution >= 4 is 11.9 Å². The van der Waals surface area contributed by atoms with Crippen LogP contribution < -0.4 is 15.5 Å². The van der Waals surface area contributed by atoms with E-state index in [1.807, 2.05) is 4.90 Å². The molecule has 1 aromatic heterocycles. The molecule has 3 rings (SSSR count). The number of anilines is 1. The summed E-state index contributed by atoms with van der Waals surface area (Å²) in [4.78, 5) is 23.3. The third-order valence-electron chi connectivity index (χ3n) is 5.93. The van der Waals surface area contributed by atoms with E-state index in [2.05, 4.69) is 20.6 Å². The molecule has 180 valence electrons. The molecule has 1 aromatic rings. The van der Waals surface area contributed by atoms with Crippen LogP contribution in [-0.4, -0.2) is 89.1 Å². The van der Waals surface area contributed by atoms with E-state index >= 15 is 0 Å².